The topological polar surface area (TPSA) is 50.7 Å². The van der Waals surface area contributed by atoms with Crippen LogP contribution in [0, 0.1) is 13.8 Å². The van der Waals surface area contributed by atoms with Crippen molar-refractivity contribution in [2.75, 3.05) is 0 Å². The van der Waals surface area contributed by atoms with Gasteiger partial charge in [0, 0.05) is 0 Å². The van der Waals surface area contributed by atoms with Crippen LogP contribution in [0.5, 0.6) is 5.75 Å². The summed E-state index contributed by atoms with van der Waals surface area (Å²) in [7, 11) is 0. The largest absolute Gasteiger partial charge is 0.488 e. The van der Waals surface area contributed by atoms with E-state index < -0.39 is 0 Å². The zero-order valence-electron chi connectivity index (χ0n) is 18.6. The third-order valence-corrected chi connectivity index (χ3v) is 6.10. The number of rotatable bonds is 7. The van der Waals surface area contributed by atoms with Crippen LogP contribution in [-0.2, 0) is 17.8 Å². The number of amides is 1. The minimum absolute atomic E-state index is 0.144. The van der Waals surface area contributed by atoms with Crippen molar-refractivity contribution in [3.8, 4) is 5.75 Å². The molecular formula is C28H25BrN2O2. The van der Waals surface area contributed by atoms with Gasteiger partial charge in [-0.3, -0.25) is 4.79 Å². The number of hydrogen-bond acceptors (Lipinski definition) is 3. The number of nitrogens with zero attached hydrogens (tertiary/aromatic N) is 1. The molecule has 0 aliphatic rings. The van der Waals surface area contributed by atoms with Crippen LogP contribution in [0.3, 0.4) is 0 Å². The van der Waals surface area contributed by atoms with Crippen LogP contribution in [0.2, 0.25) is 0 Å². The van der Waals surface area contributed by atoms with Crippen LogP contribution < -0.4 is 10.2 Å². The lowest BCUT2D eigenvalue weighted by Gasteiger charge is -2.11. The van der Waals surface area contributed by atoms with E-state index >= 15 is 0 Å². The summed E-state index contributed by atoms with van der Waals surface area (Å²) in [4.78, 5) is 12.2. The average Bonchev–Trinajstić information content (AvgIpc) is 2.81. The maximum Gasteiger partial charge on any atom is 0.244 e. The second-order valence-corrected chi connectivity index (χ2v) is 8.87. The van der Waals surface area contributed by atoms with E-state index in [0.29, 0.717) is 13.0 Å². The number of ether oxygens (including phenoxy) is 1. The molecule has 1 N–H and O–H groups in total. The van der Waals surface area contributed by atoms with Gasteiger partial charge in [-0.25, -0.2) is 5.43 Å². The summed E-state index contributed by atoms with van der Waals surface area (Å²) in [6, 6.07) is 26.3. The SMILES string of the molecule is Cc1ccc(C)c(CC(=O)N/N=C/c2ccc(OCc3cccc4ccccc34)c(Br)c2)c1. The number of halogens is 1. The lowest BCUT2D eigenvalue weighted by molar-refractivity contribution is -0.120. The number of carbonyl (C=O) groups is 1. The Bertz CT molecular complexity index is 1330. The zero-order valence-corrected chi connectivity index (χ0v) is 20.2. The predicted octanol–water partition coefficient (Wildman–Crippen LogP) is 6.49. The van der Waals surface area contributed by atoms with Crippen molar-refractivity contribution in [2.24, 2.45) is 5.10 Å². The minimum atomic E-state index is -0.144. The van der Waals surface area contributed by atoms with E-state index in [1.54, 1.807) is 6.21 Å². The van der Waals surface area contributed by atoms with Gasteiger partial charge in [0.25, 0.3) is 0 Å². The fourth-order valence-electron chi connectivity index (χ4n) is 3.67. The van der Waals surface area contributed by atoms with Gasteiger partial charge in [-0.2, -0.15) is 5.10 Å². The molecule has 0 atom stereocenters. The van der Waals surface area contributed by atoms with Crippen molar-refractivity contribution in [3.05, 3.63) is 111 Å². The molecular weight excluding hydrogens is 476 g/mol. The number of benzene rings is 4. The van der Waals surface area contributed by atoms with Gasteiger partial charge in [0.05, 0.1) is 17.1 Å². The number of hydrogen-bond donors (Lipinski definition) is 1. The number of carbonyl (C=O) groups excluding carboxylic acids is 1. The Hall–Kier alpha value is -3.44. The van der Waals surface area contributed by atoms with Crippen LogP contribution in [-0.4, -0.2) is 12.1 Å². The first-order chi connectivity index (χ1) is 16.0. The molecule has 5 heteroatoms. The second-order valence-electron chi connectivity index (χ2n) is 8.02. The van der Waals surface area contributed by atoms with Crippen molar-refractivity contribution >= 4 is 38.8 Å². The molecule has 0 saturated heterocycles. The standard InChI is InChI=1S/C28H25BrN2O2/c1-19-10-11-20(2)24(14-19)16-28(32)31-30-17-21-12-13-27(26(29)15-21)33-18-23-8-5-7-22-6-3-4-9-25(22)23/h3-15,17H,16,18H2,1-2H3,(H,31,32)/b30-17+. The first-order valence-corrected chi connectivity index (χ1v) is 11.6. The summed E-state index contributed by atoms with van der Waals surface area (Å²) in [5.41, 5.74) is 7.85. The molecule has 0 heterocycles. The molecule has 1 amide bonds. The molecule has 0 unspecified atom stereocenters. The van der Waals surface area contributed by atoms with Crippen molar-refractivity contribution in [1.29, 1.82) is 0 Å². The van der Waals surface area contributed by atoms with Crippen LogP contribution in [0.25, 0.3) is 10.8 Å². The third-order valence-electron chi connectivity index (χ3n) is 5.48. The molecule has 4 aromatic carbocycles. The van der Waals surface area contributed by atoms with Crippen LogP contribution in [0.4, 0.5) is 0 Å². The molecule has 0 spiro atoms. The van der Waals surface area contributed by atoms with E-state index in [2.05, 4.69) is 50.7 Å². The quantitative estimate of drug-likeness (QED) is 0.233. The summed E-state index contributed by atoms with van der Waals surface area (Å²) in [5.74, 6) is 0.605. The van der Waals surface area contributed by atoms with Gasteiger partial charge in [0.15, 0.2) is 0 Å². The van der Waals surface area contributed by atoms with E-state index in [0.717, 1.165) is 38.0 Å². The number of fused-ring (bicyclic) bond motifs is 1. The Kier molecular flexibility index (Phi) is 7.20. The first kappa shape index (κ1) is 22.7. The highest BCUT2D eigenvalue weighted by Gasteiger charge is 2.07. The van der Waals surface area contributed by atoms with Gasteiger partial charge in [-0.05, 0) is 81.0 Å². The maximum atomic E-state index is 12.2. The van der Waals surface area contributed by atoms with E-state index in [9.17, 15) is 4.79 Å². The smallest absolute Gasteiger partial charge is 0.244 e. The third kappa shape index (κ3) is 5.88. The Balaban J connectivity index is 1.35. The van der Waals surface area contributed by atoms with Gasteiger partial charge in [0.2, 0.25) is 5.91 Å². The summed E-state index contributed by atoms with van der Waals surface area (Å²) >= 11 is 3.58. The number of nitrogens with one attached hydrogen (secondary N) is 1. The summed E-state index contributed by atoms with van der Waals surface area (Å²) < 4.78 is 6.88. The molecule has 4 rings (SSSR count). The van der Waals surface area contributed by atoms with Crippen molar-refractivity contribution in [1.82, 2.24) is 5.43 Å². The molecule has 166 valence electrons. The predicted molar refractivity (Wildman–Crippen MR) is 138 cm³/mol. The highest BCUT2D eigenvalue weighted by Crippen LogP contribution is 2.27. The van der Waals surface area contributed by atoms with Gasteiger partial charge in [-0.15, -0.1) is 0 Å². The fourth-order valence-corrected chi connectivity index (χ4v) is 4.18. The molecule has 4 nitrogen and oxygen atoms in total. The van der Waals surface area contributed by atoms with Gasteiger partial charge in [0.1, 0.15) is 12.4 Å². The van der Waals surface area contributed by atoms with Crippen LogP contribution >= 0.6 is 15.9 Å². The van der Waals surface area contributed by atoms with Crippen LogP contribution in [0.15, 0.2) is 88.4 Å². The second kappa shape index (κ2) is 10.5. The van der Waals surface area contributed by atoms with E-state index in [4.69, 9.17) is 4.74 Å². The summed E-state index contributed by atoms with van der Waals surface area (Å²) in [5, 5.41) is 6.49. The highest BCUT2D eigenvalue weighted by atomic mass is 79.9. The highest BCUT2D eigenvalue weighted by molar-refractivity contribution is 9.10. The molecule has 0 fully saturated rings. The molecule has 33 heavy (non-hydrogen) atoms. The molecule has 0 aromatic heterocycles. The monoisotopic (exact) mass is 500 g/mol. The van der Waals surface area contributed by atoms with Crippen LogP contribution in [0.1, 0.15) is 27.8 Å². The molecule has 0 aliphatic heterocycles. The summed E-state index contributed by atoms with van der Waals surface area (Å²) in [6.07, 6.45) is 1.93. The number of aryl methyl sites for hydroxylation is 2. The molecule has 0 aliphatic carbocycles. The van der Waals surface area contributed by atoms with Crippen molar-refractivity contribution in [3.63, 3.8) is 0 Å². The lowest BCUT2D eigenvalue weighted by Crippen LogP contribution is -2.20. The van der Waals surface area contributed by atoms with E-state index in [1.807, 2.05) is 68.4 Å². The Labute approximate surface area is 202 Å². The average molecular weight is 501 g/mol. The maximum absolute atomic E-state index is 12.2. The van der Waals surface area contributed by atoms with Gasteiger partial charge < -0.3 is 4.74 Å². The van der Waals surface area contributed by atoms with E-state index in [1.165, 1.54) is 10.8 Å². The summed E-state index contributed by atoms with van der Waals surface area (Å²) in [6.45, 7) is 4.50. The Morgan fingerprint density at radius 1 is 0.970 bits per heavy atom. The lowest BCUT2D eigenvalue weighted by atomic mass is 10.0. The molecule has 0 bridgehead atoms. The van der Waals surface area contributed by atoms with Crippen molar-refractivity contribution in [2.45, 2.75) is 26.9 Å². The minimum Gasteiger partial charge on any atom is -0.488 e. The zero-order chi connectivity index (χ0) is 23.2. The van der Waals surface area contributed by atoms with Crippen molar-refractivity contribution < 1.29 is 9.53 Å². The number of hydrazone groups is 1. The molecule has 4 aromatic rings. The first-order valence-electron chi connectivity index (χ1n) is 10.8. The van der Waals surface area contributed by atoms with E-state index in [-0.39, 0.29) is 5.91 Å². The molecule has 0 saturated carbocycles. The Morgan fingerprint density at radius 3 is 2.64 bits per heavy atom. The van der Waals surface area contributed by atoms with Gasteiger partial charge in [-0.1, -0.05) is 66.2 Å². The normalized spacial score (nSPS) is 11.1. The van der Waals surface area contributed by atoms with Gasteiger partial charge >= 0.3 is 0 Å². The fraction of sp³-hybridized carbons (Fsp3) is 0.143. The molecule has 0 radical (unpaired) electrons. The Morgan fingerprint density at radius 2 is 1.79 bits per heavy atom.